The van der Waals surface area contributed by atoms with Crippen LogP contribution >= 0.6 is 11.8 Å². The zero-order chi connectivity index (χ0) is 24.2. The number of carbonyl (C=O) groups is 1. The zero-order valence-electron chi connectivity index (χ0n) is 18.6. The molecule has 33 heavy (non-hydrogen) atoms. The summed E-state index contributed by atoms with van der Waals surface area (Å²) in [6, 6.07) is 0. The average molecular weight is 504 g/mol. The first-order valence-corrected chi connectivity index (χ1v) is 13.1. The highest BCUT2D eigenvalue weighted by atomic mass is 32.2. The number of β-amino-alcohol motifs (C(OH)–C–C–N with tert-alkyl or cyclic N) is 1. The smallest absolute Gasteiger partial charge is 0.332 e. The van der Waals surface area contributed by atoms with Crippen molar-refractivity contribution < 1.29 is 18.3 Å². The summed E-state index contributed by atoms with van der Waals surface area (Å²) in [5.41, 5.74) is -0.584. The molecule has 3 N–H and O–H groups in total. The molecule has 1 amide bonds. The van der Waals surface area contributed by atoms with Gasteiger partial charge in [-0.15, -0.1) is 0 Å². The van der Waals surface area contributed by atoms with Crippen LogP contribution in [0.1, 0.15) is 6.42 Å². The Balaban J connectivity index is 1.45. The molecule has 1 saturated heterocycles. The highest BCUT2D eigenvalue weighted by Gasteiger charge is 2.20. The van der Waals surface area contributed by atoms with E-state index in [1.165, 1.54) is 18.7 Å². The van der Waals surface area contributed by atoms with E-state index < -0.39 is 27.2 Å². The Hall–Kier alpha value is -2.20. The van der Waals surface area contributed by atoms with Crippen LogP contribution in [0.25, 0.3) is 11.2 Å². The Bertz CT molecular complexity index is 1210. The number of fused-ring (bicyclic) bond motifs is 1. The predicted octanol–water partition coefficient (Wildman–Crippen LogP) is -2.50. The Kier molecular flexibility index (Phi) is 8.33. The average Bonchev–Trinajstić information content (AvgIpc) is 3.20. The number of aliphatic hydroxyl groups excluding tert-OH is 1. The number of amides is 1. The van der Waals surface area contributed by atoms with Crippen LogP contribution in [0, 0.1) is 0 Å². The topological polar surface area (TPSA) is 163 Å². The molecule has 15 heteroatoms. The van der Waals surface area contributed by atoms with E-state index in [1.54, 1.807) is 0 Å². The summed E-state index contributed by atoms with van der Waals surface area (Å²) in [5, 5.41) is 9.33. The van der Waals surface area contributed by atoms with Gasteiger partial charge >= 0.3 is 5.69 Å². The third-order valence-corrected chi connectivity index (χ3v) is 7.60. The maximum Gasteiger partial charge on any atom is 0.332 e. The number of H-pyrrole nitrogens is 1. The Morgan fingerprint density at radius 2 is 1.76 bits per heavy atom. The van der Waals surface area contributed by atoms with Crippen molar-refractivity contribution in [3.05, 3.63) is 20.8 Å². The first-order valence-electron chi connectivity index (χ1n) is 10.5. The molecule has 3 heterocycles. The van der Waals surface area contributed by atoms with Crippen molar-refractivity contribution >= 4 is 38.9 Å². The van der Waals surface area contributed by atoms with Gasteiger partial charge in [0.1, 0.15) is 0 Å². The molecule has 13 nitrogen and oxygen atoms in total. The number of imidazole rings is 1. The molecule has 2 aromatic rings. The van der Waals surface area contributed by atoms with E-state index in [4.69, 9.17) is 5.11 Å². The lowest BCUT2D eigenvalue weighted by molar-refractivity contribution is -0.118. The van der Waals surface area contributed by atoms with Crippen molar-refractivity contribution in [3.8, 4) is 0 Å². The summed E-state index contributed by atoms with van der Waals surface area (Å²) in [5.74, 6) is -0.552. The predicted molar refractivity (Wildman–Crippen MR) is 124 cm³/mol. The van der Waals surface area contributed by atoms with Crippen LogP contribution < -0.4 is 16.0 Å². The van der Waals surface area contributed by atoms with Gasteiger partial charge in [0.25, 0.3) is 5.56 Å². The van der Waals surface area contributed by atoms with Gasteiger partial charge in [-0.1, -0.05) is 11.8 Å². The van der Waals surface area contributed by atoms with Crippen molar-refractivity contribution in [1.82, 2.24) is 33.6 Å². The maximum absolute atomic E-state index is 12.2. The molecule has 0 atom stereocenters. The van der Waals surface area contributed by atoms with Gasteiger partial charge in [-0.2, -0.15) is 0 Å². The highest BCUT2D eigenvalue weighted by Crippen LogP contribution is 2.17. The number of aromatic nitrogens is 4. The zero-order valence-corrected chi connectivity index (χ0v) is 20.2. The number of nitrogens with one attached hydrogen (secondary N) is 2. The Morgan fingerprint density at radius 3 is 2.39 bits per heavy atom. The number of aliphatic hydroxyl groups is 1. The van der Waals surface area contributed by atoms with Gasteiger partial charge in [-0.05, 0) is 0 Å². The lowest BCUT2D eigenvalue weighted by atomic mass is 10.3. The van der Waals surface area contributed by atoms with Crippen LogP contribution in [-0.2, 0) is 28.9 Å². The van der Waals surface area contributed by atoms with Crippen molar-refractivity contribution in [1.29, 1.82) is 0 Å². The summed E-state index contributed by atoms with van der Waals surface area (Å²) in [7, 11) is -0.868. The van der Waals surface area contributed by atoms with Gasteiger partial charge in [0.05, 0.1) is 12.4 Å². The lowest BCUT2D eigenvalue weighted by Crippen LogP contribution is -2.49. The van der Waals surface area contributed by atoms with Gasteiger partial charge in [0.2, 0.25) is 15.9 Å². The third kappa shape index (κ3) is 6.44. The molecule has 0 radical (unpaired) electrons. The van der Waals surface area contributed by atoms with E-state index in [0.717, 1.165) is 29.4 Å². The van der Waals surface area contributed by atoms with Crippen LogP contribution in [0.5, 0.6) is 0 Å². The summed E-state index contributed by atoms with van der Waals surface area (Å²) in [6.07, 6.45) is -0.0578. The summed E-state index contributed by atoms with van der Waals surface area (Å²) < 4.78 is 28.8. The quantitative estimate of drug-likeness (QED) is 0.295. The molecule has 184 valence electrons. The fourth-order valence-corrected chi connectivity index (χ4v) is 5.37. The molecule has 0 unspecified atom stereocenters. The van der Waals surface area contributed by atoms with Gasteiger partial charge in [-0.3, -0.25) is 33.2 Å². The molecule has 1 aliphatic heterocycles. The Labute approximate surface area is 194 Å². The highest BCUT2D eigenvalue weighted by molar-refractivity contribution is 7.99. The van der Waals surface area contributed by atoms with E-state index in [9.17, 15) is 22.8 Å². The normalized spacial score (nSPS) is 15.8. The van der Waals surface area contributed by atoms with Gasteiger partial charge < -0.3 is 10.1 Å². The number of aryl methyl sites for hydroxylation is 1. The number of piperazine rings is 1. The largest absolute Gasteiger partial charge is 0.395 e. The van der Waals surface area contributed by atoms with Crippen LogP contribution in [0.2, 0.25) is 0 Å². The molecule has 2 aromatic heterocycles. The molecule has 0 aromatic carbocycles. The minimum atomic E-state index is -3.75. The van der Waals surface area contributed by atoms with E-state index in [2.05, 4.69) is 19.6 Å². The van der Waals surface area contributed by atoms with E-state index in [-0.39, 0.29) is 35.7 Å². The number of aromatic amines is 1. The second-order valence-corrected chi connectivity index (χ2v) is 10.7. The second-order valence-electron chi connectivity index (χ2n) is 7.80. The van der Waals surface area contributed by atoms with Gasteiger partial charge in [0.15, 0.2) is 16.3 Å². The Morgan fingerprint density at radius 1 is 1.12 bits per heavy atom. The number of thioether (sulfide) groups is 1. The number of rotatable bonds is 10. The van der Waals surface area contributed by atoms with Crippen LogP contribution in [0.4, 0.5) is 0 Å². The van der Waals surface area contributed by atoms with Gasteiger partial charge in [-0.25, -0.2) is 18.2 Å². The number of hydrogen-bond donors (Lipinski definition) is 3. The van der Waals surface area contributed by atoms with E-state index in [1.807, 2.05) is 4.90 Å². The number of hydrogen-bond acceptors (Lipinski definition) is 10. The van der Waals surface area contributed by atoms with Crippen LogP contribution in [0.15, 0.2) is 14.7 Å². The first kappa shape index (κ1) is 25.4. The van der Waals surface area contributed by atoms with Crippen molar-refractivity contribution in [2.45, 2.75) is 11.6 Å². The monoisotopic (exact) mass is 503 g/mol. The molecule has 1 fully saturated rings. The van der Waals surface area contributed by atoms with Crippen LogP contribution in [0.3, 0.4) is 0 Å². The van der Waals surface area contributed by atoms with Crippen molar-refractivity contribution in [2.24, 2.45) is 14.1 Å². The third-order valence-electron chi connectivity index (χ3n) is 5.47. The number of carbonyl (C=O) groups excluding carboxylic acids is 1. The standard InChI is InChI=1S/C18H29N7O6S2/c1-22-15-14(16(28)23(2)18(22)29)19-17(20-15)32-11-3-13(27)21-33(30,31)12-9-25-6-4-24(5-7-25)8-10-26/h26H,3-12H2,1-2H3,(H,19,20)(H,21,27). The molecule has 0 aliphatic carbocycles. The number of sulfonamides is 1. The molecular formula is C18H29N7O6S2. The molecular weight excluding hydrogens is 474 g/mol. The summed E-state index contributed by atoms with van der Waals surface area (Å²) in [4.78, 5) is 47.5. The van der Waals surface area contributed by atoms with Crippen molar-refractivity contribution in [3.63, 3.8) is 0 Å². The minimum Gasteiger partial charge on any atom is -0.395 e. The SMILES string of the molecule is Cn1c(=O)c2[nH]c(SCCC(=O)NS(=O)(=O)CCN3CCN(CCO)CC3)nc2n(C)c1=O. The lowest BCUT2D eigenvalue weighted by Gasteiger charge is -2.34. The van der Waals surface area contributed by atoms with Crippen LogP contribution in [-0.4, -0.2) is 106 Å². The molecule has 0 bridgehead atoms. The summed E-state index contributed by atoms with van der Waals surface area (Å²) >= 11 is 1.15. The minimum absolute atomic E-state index is 0.0578. The molecule has 1 aliphatic rings. The molecule has 0 spiro atoms. The molecule has 0 saturated carbocycles. The first-order chi connectivity index (χ1) is 15.6. The summed E-state index contributed by atoms with van der Waals surface area (Å²) in [6.45, 7) is 4.02. The fraction of sp³-hybridized carbons (Fsp3) is 0.667. The fourth-order valence-electron chi connectivity index (χ4n) is 3.52. The molecule has 3 rings (SSSR count). The maximum atomic E-state index is 12.2. The van der Waals surface area contributed by atoms with E-state index >= 15 is 0 Å². The number of nitrogens with zero attached hydrogens (tertiary/aromatic N) is 5. The van der Waals surface area contributed by atoms with Crippen molar-refractivity contribution in [2.75, 3.05) is 57.4 Å². The second kappa shape index (κ2) is 10.8. The van der Waals surface area contributed by atoms with Gasteiger partial charge in [0, 0.05) is 65.5 Å². The van der Waals surface area contributed by atoms with E-state index in [0.29, 0.717) is 31.3 Å².